The van der Waals surface area contributed by atoms with Crippen LogP contribution in [0, 0.1) is 16.7 Å². The Hall–Kier alpha value is -1.60. The summed E-state index contributed by atoms with van der Waals surface area (Å²) in [6.45, 7) is 11.7. The van der Waals surface area contributed by atoms with Gasteiger partial charge < -0.3 is 46.5 Å². The molecule has 204 valence electrons. The lowest BCUT2D eigenvalue weighted by molar-refractivity contribution is -0.225. The van der Waals surface area contributed by atoms with Gasteiger partial charge in [0.25, 0.3) is 0 Å². The molecule has 0 bridgehead atoms. The van der Waals surface area contributed by atoms with Crippen LogP contribution in [-0.2, 0) is 14.2 Å². The molecule has 9 atom stereocenters. The summed E-state index contributed by atoms with van der Waals surface area (Å²) in [6.07, 6.45) is 0.829. The van der Waals surface area contributed by atoms with Crippen molar-refractivity contribution in [3.8, 4) is 0 Å². The quantitative estimate of drug-likeness (QED) is 0.0654. The van der Waals surface area contributed by atoms with Gasteiger partial charge in [0.15, 0.2) is 12.6 Å². The van der Waals surface area contributed by atoms with Crippen molar-refractivity contribution < 1.29 is 24.4 Å². The maximum absolute atomic E-state index is 10.1. The average molecular weight is 501 g/mol. The molecule has 0 aliphatic carbocycles. The normalized spacial score (nSPS) is 25.5. The topological polar surface area (TPSA) is 192 Å². The van der Waals surface area contributed by atoms with Gasteiger partial charge in [-0.2, -0.15) is 0 Å². The minimum absolute atomic E-state index is 0.0364. The molecular formula is C24H48N6O5. The molecule has 1 heterocycles. The Morgan fingerprint density at radius 2 is 1.94 bits per heavy atom. The second kappa shape index (κ2) is 16.2. The van der Waals surface area contributed by atoms with Gasteiger partial charge in [-0.3, -0.25) is 10.8 Å². The molecule has 0 aromatic carbocycles. The van der Waals surface area contributed by atoms with E-state index in [0.717, 1.165) is 6.42 Å². The monoisotopic (exact) mass is 500 g/mol. The van der Waals surface area contributed by atoms with Crippen LogP contribution in [0.15, 0.2) is 12.7 Å². The van der Waals surface area contributed by atoms with E-state index in [4.69, 9.17) is 36.5 Å². The molecule has 35 heavy (non-hydrogen) atoms. The fraction of sp³-hybridized carbons (Fsp3) is 0.833. The van der Waals surface area contributed by atoms with Gasteiger partial charge in [-0.1, -0.05) is 26.8 Å². The molecule has 0 radical (unpaired) electrons. The van der Waals surface area contributed by atoms with Crippen molar-refractivity contribution in [1.29, 1.82) is 10.8 Å². The molecule has 11 heteroatoms. The van der Waals surface area contributed by atoms with Crippen molar-refractivity contribution in [2.75, 3.05) is 13.1 Å². The van der Waals surface area contributed by atoms with E-state index in [-0.39, 0.29) is 30.6 Å². The number of hydrogen-bond donors (Lipinski definition) is 8. The van der Waals surface area contributed by atoms with E-state index >= 15 is 0 Å². The molecule has 11 nitrogen and oxygen atoms in total. The van der Waals surface area contributed by atoms with Crippen molar-refractivity contribution >= 4 is 11.7 Å². The SMILES string of the molecule is C=CC(O)OC(CC(C)OC1OC(CNC(=N)C(C)O)CCC1N)C(CN)NC(=N)CC(C)CC. The second-order valence-electron chi connectivity index (χ2n) is 9.50. The highest BCUT2D eigenvalue weighted by Gasteiger charge is 2.33. The van der Waals surface area contributed by atoms with Gasteiger partial charge in [0.1, 0.15) is 11.9 Å². The maximum Gasteiger partial charge on any atom is 0.174 e. The molecule has 0 aromatic heterocycles. The van der Waals surface area contributed by atoms with Crippen LogP contribution in [0.2, 0.25) is 0 Å². The Bertz CT molecular complexity index is 652. The molecule has 0 spiro atoms. The third-order valence-electron chi connectivity index (χ3n) is 6.19. The standard InChI is InChI=1S/C24H48N6O5/c1-6-14(3)10-21(27)30-19(12-25)20(35-22(32)7-2)11-15(4)33-24-18(26)9-8-17(34-24)13-29-23(28)16(5)31/h7,14-20,22,24,31-32H,2,6,8-13,25-26H2,1,3-5H3,(H2,27,30)(H2,28,29). The largest absolute Gasteiger partial charge is 0.386 e. The highest BCUT2D eigenvalue weighted by atomic mass is 16.7. The molecule has 1 aliphatic heterocycles. The lowest BCUT2D eigenvalue weighted by Crippen LogP contribution is -2.52. The smallest absolute Gasteiger partial charge is 0.174 e. The van der Waals surface area contributed by atoms with Crippen molar-refractivity contribution in [2.45, 2.75) is 109 Å². The van der Waals surface area contributed by atoms with Crippen LogP contribution in [-0.4, -0.2) is 84.1 Å². The predicted octanol–water partition coefficient (Wildman–Crippen LogP) is 0.782. The highest BCUT2D eigenvalue weighted by Crippen LogP contribution is 2.22. The second-order valence-corrected chi connectivity index (χ2v) is 9.50. The highest BCUT2D eigenvalue weighted by molar-refractivity contribution is 5.82. The first-order valence-electron chi connectivity index (χ1n) is 12.6. The van der Waals surface area contributed by atoms with E-state index in [1.165, 1.54) is 13.0 Å². The van der Waals surface area contributed by atoms with Gasteiger partial charge in [-0.25, -0.2) is 0 Å². The first kappa shape index (κ1) is 31.4. The van der Waals surface area contributed by atoms with E-state index in [1.54, 1.807) is 0 Å². The molecule has 1 saturated heterocycles. The summed E-state index contributed by atoms with van der Waals surface area (Å²) in [7, 11) is 0. The number of amidine groups is 2. The number of ether oxygens (including phenoxy) is 3. The summed E-state index contributed by atoms with van der Waals surface area (Å²) >= 11 is 0. The summed E-state index contributed by atoms with van der Waals surface area (Å²) < 4.78 is 17.9. The van der Waals surface area contributed by atoms with Crippen LogP contribution in [0.25, 0.3) is 0 Å². The van der Waals surface area contributed by atoms with E-state index in [9.17, 15) is 10.2 Å². The number of nitrogens with one attached hydrogen (secondary N) is 4. The maximum atomic E-state index is 10.1. The molecule has 0 saturated carbocycles. The molecule has 0 aromatic rings. The molecule has 9 unspecified atom stereocenters. The molecule has 1 rings (SSSR count). The fourth-order valence-corrected chi connectivity index (χ4v) is 3.77. The van der Waals surface area contributed by atoms with Crippen LogP contribution in [0.1, 0.15) is 59.8 Å². The Balaban J connectivity index is 2.77. The van der Waals surface area contributed by atoms with Gasteiger partial charge in [0, 0.05) is 25.9 Å². The molecule has 1 fully saturated rings. The zero-order valence-corrected chi connectivity index (χ0v) is 21.7. The average Bonchev–Trinajstić information content (AvgIpc) is 2.81. The Morgan fingerprint density at radius 3 is 2.51 bits per heavy atom. The van der Waals surface area contributed by atoms with Crippen LogP contribution in [0.4, 0.5) is 0 Å². The van der Waals surface area contributed by atoms with Crippen LogP contribution in [0.3, 0.4) is 0 Å². The molecule has 1 aliphatic rings. The van der Waals surface area contributed by atoms with Crippen molar-refractivity contribution in [1.82, 2.24) is 10.6 Å². The third-order valence-corrected chi connectivity index (χ3v) is 6.19. The van der Waals surface area contributed by atoms with Crippen molar-refractivity contribution in [3.05, 3.63) is 12.7 Å². The zero-order chi connectivity index (χ0) is 26.5. The van der Waals surface area contributed by atoms with Gasteiger partial charge in [-0.15, -0.1) is 0 Å². The van der Waals surface area contributed by atoms with Crippen LogP contribution < -0.4 is 22.1 Å². The molecule has 10 N–H and O–H groups in total. The van der Waals surface area contributed by atoms with Crippen molar-refractivity contribution in [3.63, 3.8) is 0 Å². The summed E-state index contributed by atoms with van der Waals surface area (Å²) in [6, 6.07) is -0.716. The van der Waals surface area contributed by atoms with E-state index in [2.05, 4.69) is 31.1 Å². The van der Waals surface area contributed by atoms with Gasteiger partial charge >= 0.3 is 0 Å². The third kappa shape index (κ3) is 11.8. The lowest BCUT2D eigenvalue weighted by Gasteiger charge is -2.37. The fourth-order valence-electron chi connectivity index (χ4n) is 3.77. The number of aliphatic hydroxyl groups excluding tert-OH is 2. The Morgan fingerprint density at radius 1 is 1.26 bits per heavy atom. The number of hydrogen-bond acceptors (Lipinski definition) is 9. The summed E-state index contributed by atoms with van der Waals surface area (Å²) in [4.78, 5) is 0. The van der Waals surface area contributed by atoms with Gasteiger partial charge in [-0.05, 0) is 38.7 Å². The molecular weight excluding hydrogens is 452 g/mol. The van der Waals surface area contributed by atoms with E-state index < -0.39 is 30.8 Å². The van der Waals surface area contributed by atoms with Crippen molar-refractivity contribution in [2.24, 2.45) is 17.4 Å². The summed E-state index contributed by atoms with van der Waals surface area (Å²) in [5.41, 5.74) is 12.2. The lowest BCUT2D eigenvalue weighted by atomic mass is 10.0. The predicted molar refractivity (Wildman–Crippen MR) is 137 cm³/mol. The number of nitrogens with two attached hydrogens (primary N) is 2. The summed E-state index contributed by atoms with van der Waals surface area (Å²) in [5.74, 6) is 0.778. The minimum Gasteiger partial charge on any atom is -0.386 e. The summed E-state index contributed by atoms with van der Waals surface area (Å²) in [5, 5.41) is 41.6. The van der Waals surface area contributed by atoms with E-state index in [0.29, 0.717) is 44.0 Å². The Labute approximate surface area is 210 Å². The first-order chi connectivity index (χ1) is 16.5. The number of aliphatic hydroxyl groups is 2. The van der Waals surface area contributed by atoms with Gasteiger partial charge in [0.2, 0.25) is 0 Å². The van der Waals surface area contributed by atoms with Gasteiger partial charge in [0.05, 0.1) is 36.2 Å². The Kier molecular flexibility index (Phi) is 14.6. The number of rotatable bonds is 16. The molecule has 0 amide bonds. The van der Waals surface area contributed by atoms with E-state index in [1.807, 2.05) is 6.92 Å². The van der Waals surface area contributed by atoms with Crippen LogP contribution in [0.5, 0.6) is 0 Å². The minimum atomic E-state index is -1.18. The zero-order valence-electron chi connectivity index (χ0n) is 21.7. The van der Waals surface area contributed by atoms with Crippen LogP contribution >= 0.6 is 0 Å². The first-order valence-corrected chi connectivity index (χ1v) is 12.6.